The van der Waals surface area contributed by atoms with E-state index in [1.165, 1.54) is 9.75 Å². The van der Waals surface area contributed by atoms with Gasteiger partial charge in [-0.25, -0.2) is 0 Å². The minimum atomic E-state index is 0.680. The van der Waals surface area contributed by atoms with Crippen LogP contribution in [-0.2, 0) is 6.54 Å². The minimum absolute atomic E-state index is 0.680. The molecular formula is C11H16N2S. The molecule has 1 N–H and O–H groups in total. The molecule has 0 aromatic carbocycles. The summed E-state index contributed by atoms with van der Waals surface area (Å²) in [6.45, 7) is 4.10. The monoisotopic (exact) mass is 208 g/mol. The van der Waals surface area contributed by atoms with Crippen LogP contribution in [0.25, 0.3) is 0 Å². The van der Waals surface area contributed by atoms with Gasteiger partial charge in [-0.2, -0.15) is 5.26 Å². The molecule has 3 heteroatoms. The van der Waals surface area contributed by atoms with Crippen LogP contribution in [0.2, 0.25) is 0 Å². The van der Waals surface area contributed by atoms with E-state index in [0.717, 1.165) is 25.9 Å². The maximum atomic E-state index is 8.33. The third-order valence-electron chi connectivity index (χ3n) is 1.99. The molecular weight excluding hydrogens is 192 g/mol. The Hall–Kier alpha value is -0.850. The summed E-state index contributed by atoms with van der Waals surface area (Å²) in [4.78, 5) is 2.76. The van der Waals surface area contributed by atoms with Crippen LogP contribution < -0.4 is 5.32 Å². The molecule has 0 bridgehead atoms. The van der Waals surface area contributed by atoms with Crippen molar-refractivity contribution in [1.29, 1.82) is 5.26 Å². The topological polar surface area (TPSA) is 35.8 Å². The number of thiophene rings is 1. The molecule has 0 aliphatic heterocycles. The summed E-state index contributed by atoms with van der Waals surface area (Å²) in [5, 5.41) is 11.7. The zero-order chi connectivity index (χ0) is 10.2. The normalized spacial score (nSPS) is 10.0. The Labute approximate surface area is 89.6 Å². The van der Waals surface area contributed by atoms with Gasteiger partial charge in [-0.1, -0.05) is 0 Å². The zero-order valence-electron chi connectivity index (χ0n) is 8.55. The predicted octanol–water partition coefficient (Wildman–Crippen LogP) is 2.84. The molecule has 0 aliphatic rings. The van der Waals surface area contributed by atoms with Crippen LogP contribution in [0.5, 0.6) is 0 Å². The summed E-state index contributed by atoms with van der Waals surface area (Å²) in [6.07, 6.45) is 2.78. The number of aryl methyl sites for hydroxylation is 1. The van der Waals surface area contributed by atoms with Crippen molar-refractivity contribution in [3.05, 3.63) is 21.9 Å². The van der Waals surface area contributed by atoms with Crippen molar-refractivity contribution in [2.45, 2.75) is 32.7 Å². The highest BCUT2D eigenvalue weighted by Crippen LogP contribution is 2.14. The van der Waals surface area contributed by atoms with Gasteiger partial charge in [0.25, 0.3) is 0 Å². The summed E-state index contributed by atoms with van der Waals surface area (Å²) in [5.74, 6) is 0. The second kappa shape index (κ2) is 6.58. The van der Waals surface area contributed by atoms with Crippen LogP contribution >= 0.6 is 11.3 Å². The average Bonchev–Trinajstić information content (AvgIpc) is 2.58. The van der Waals surface area contributed by atoms with Crippen molar-refractivity contribution >= 4 is 11.3 Å². The van der Waals surface area contributed by atoms with Crippen molar-refractivity contribution in [3.8, 4) is 6.07 Å². The Morgan fingerprint density at radius 2 is 2.29 bits per heavy atom. The van der Waals surface area contributed by atoms with Crippen LogP contribution in [0.15, 0.2) is 12.1 Å². The Kier molecular flexibility index (Phi) is 5.28. The first kappa shape index (κ1) is 11.2. The van der Waals surface area contributed by atoms with Gasteiger partial charge in [-0.15, -0.1) is 11.3 Å². The van der Waals surface area contributed by atoms with E-state index in [0.29, 0.717) is 6.42 Å². The second-order valence-corrected chi connectivity index (χ2v) is 4.68. The molecule has 0 spiro atoms. The van der Waals surface area contributed by atoms with Gasteiger partial charge in [0.2, 0.25) is 0 Å². The van der Waals surface area contributed by atoms with Crippen molar-refractivity contribution in [3.63, 3.8) is 0 Å². The lowest BCUT2D eigenvalue weighted by Crippen LogP contribution is -2.13. The summed E-state index contributed by atoms with van der Waals surface area (Å²) in [7, 11) is 0. The molecule has 0 saturated carbocycles. The van der Waals surface area contributed by atoms with Crippen LogP contribution in [-0.4, -0.2) is 6.54 Å². The number of rotatable bonds is 6. The van der Waals surface area contributed by atoms with Gasteiger partial charge in [0.15, 0.2) is 0 Å². The first-order valence-corrected chi connectivity index (χ1v) is 5.77. The predicted molar refractivity (Wildman–Crippen MR) is 60.2 cm³/mol. The van der Waals surface area contributed by atoms with E-state index in [4.69, 9.17) is 5.26 Å². The summed E-state index contributed by atoms with van der Waals surface area (Å²) in [6, 6.07) is 6.47. The Morgan fingerprint density at radius 3 is 2.93 bits per heavy atom. The fourth-order valence-electron chi connectivity index (χ4n) is 1.25. The van der Waals surface area contributed by atoms with Gasteiger partial charge in [0, 0.05) is 22.7 Å². The Balaban J connectivity index is 2.02. The standard InChI is InChI=1S/C11H16N2S/c1-10-5-6-11(14-10)9-13-8-4-2-3-7-12/h5-6,13H,2-4,8-9H2,1H3. The third-order valence-corrected chi connectivity index (χ3v) is 2.99. The molecule has 1 heterocycles. The fraction of sp³-hybridized carbons (Fsp3) is 0.545. The lowest BCUT2D eigenvalue weighted by molar-refractivity contribution is 0.632. The highest BCUT2D eigenvalue weighted by molar-refractivity contribution is 7.11. The largest absolute Gasteiger partial charge is 0.312 e. The van der Waals surface area contributed by atoms with E-state index in [1.54, 1.807) is 0 Å². The molecule has 0 fully saturated rings. The lowest BCUT2D eigenvalue weighted by atomic mass is 10.2. The summed E-state index contributed by atoms with van der Waals surface area (Å²) < 4.78 is 0. The van der Waals surface area contributed by atoms with E-state index in [9.17, 15) is 0 Å². The molecule has 0 radical (unpaired) electrons. The lowest BCUT2D eigenvalue weighted by Gasteiger charge is -2.00. The van der Waals surface area contributed by atoms with Gasteiger partial charge in [0.05, 0.1) is 6.07 Å². The van der Waals surface area contributed by atoms with E-state index in [1.807, 2.05) is 11.3 Å². The molecule has 76 valence electrons. The van der Waals surface area contributed by atoms with Crippen molar-refractivity contribution in [2.75, 3.05) is 6.54 Å². The highest BCUT2D eigenvalue weighted by Gasteiger charge is 1.95. The van der Waals surface area contributed by atoms with Crippen LogP contribution in [0, 0.1) is 18.3 Å². The number of nitriles is 1. The summed E-state index contributed by atoms with van der Waals surface area (Å²) >= 11 is 1.84. The molecule has 0 amide bonds. The number of nitrogens with zero attached hydrogens (tertiary/aromatic N) is 1. The molecule has 14 heavy (non-hydrogen) atoms. The molecule has 0 atom stereocenters. The molecule has 0 unspecified atom stereocenters. The maximum absolute atomic E-state index is 8.33. The van der Waals surface area contributed by atoms with E-state index in [2.05, 4.69) is 30.4 Å². The van der Waals surface area contributed by atoms with Gasteiger partial charge in [-0.3, -0.25) is 0 Å². The maximum Gasteiger partial charge on any atom is 0.0621 e. The SMILES string of the molecule is Cc1ccc(CNCCCCC#N)s1. The van der Waals surface area contributed by atoms with Gasteiger partial charge < -0.3 is 5.32 Å². The van der Waals surface area contributed by atoms with E-state index < -0.39 is 0 Å². The van der Waals surface area contributed by atoms with Crippen LogP contribution in [0.3, 0.4) is 0 Å². The van der Waals surface area contributed by atoms with Gasteiger partial charge >= 0.3 is 0 Å². The molecule has 1 aromatic heterocycles. The quantitative estimate of drug-likeness (QED) is 0.730. The average molecular weight is 208 g/mol. The molecule has 1 rings (SSSR count). The van der Waals surface area contributed by atoms with Crippen LogP contribution in [0.4, 0.5) is 0 Å². The first-order valence-electron chi connectivity index (χ1n) is 4.96. The molecule has 1 aromatic rings. The van der Waals surface area contributed by atoms with Crippen molar-refractivity contribution < 1.29 is 0 Å². The Bertz CT molecular complexity index is 298. The third kappa shape index (κ3) is 4.40. The van der Waals surface area contributed by atoms with Crippen LogP contribution in [0.1, 0.15) is 29.0 Å². The highest BCUT2D eigenvalue weighted by atomic mass is 32.1. The molecule has 2 nitrogen and oxygen atoms in total. The van der Waals surface area contributed by atoms with E-state index in [-0.39, 0.29) is 0 Å². The fourth-order valence-corrected chi connectivity index (χ4v) is 2.11. The number of hydrogen-bond donors (Lipinski definition) is 1. The zero-order valence-corrected chi connectivity index (χ0v) is 9.36. The van der Waals surface area contributed by atoms with Gasteiger partial charge in [-0.05, 0) is 38.4 Å². The molecule has 0 saturated heterocycles. The van der Waals surface area contributed by atoms with E-state index >= 15 is 0 Å². The first-order chi connectivity index (χ1) is 6.83. The number of hydrogen-bond acceptors (Lipinski definition) is 3. The minimum Gasteiger partial charge on any atom is -0.312 e. The van der Waals surface area contributed by atoms with Gasteiger partial charge in [0.1, 0.15) is 0 Å². The smallest absolute Gasteiger partial charge is 0.0621 e. The Morgan fingerprint density at radius 1 is 1.43 bits per heavy atom. The second-order valence-electron chi connectivity index (χ2n) is 3.30. The van der Waals surface area contributed by atoms with Crippen molar-refractivity contribution in [2.24, 2.45) is 0 Å². The number of unbranched alkanes of at least 4 members (excludes halogenated alkanes) is 2. The number of nitrogens with one attached hydrogen (secondary N) is 1. The van der Waals surface area contributed by atoms with Crippen molar-refractivity contribution in [1.82, 2.24) is 5.32 Å². The molecule has 0 aliphatic carbocycles. The summed E-state index contributed by atoms with van der Waals surface area (Å²) in [5.41, 5.74) is 0.